The summed E-state index contributed by atoms with van der Waals surface area (Å²) in [6.45, 7) is -0.837. The molecule has 1 aromatic rings. The zero-order valence-corrected chi connectivity index (χ0v) is 14.9. The van der Waals surface area contributed by atoms with E-state index in [2.05, 4.69) is 0 Å². The normalized spacial score (nSPS) is 11.1. The van der Waals surface area contributed by atoms with Crippen LogP contribution in [0, 0.1) is 5.92 Å². The topological polar surface area (TPSA) is 18.5 Å². The van der Waals surface area contributed by atoms with Gasteiger partial charge in [-0.25, -0.2) is 0 Å². The van der Waals surface area contributed by atoms with Crippen LogP contribution in [0.5, 0.6) is 11.5 Å². The summed E-state index contributed by atoms with van der Waals surface area (Å²) >= 11 is 0. The SMILES string of the molecule is COc1ccc(OCCC(C)C)c([B-](F)(F)F)c1.[K+]. The van der Waals surface area contributed by atoms with Gasteiger partial charge in [-0.3, -0.25) is 0 Å². The number of hydrogen-bond donors (Lipinski definition) is 0. The first-order valence-electron chi connectivity index (χ1n) is 5.85. The Bertz CT molecular complexity index is 397. The molecule has 0 bridgehead atoms. The summed E-state index contributed by atoms with van der Waals surface area (Å²) in [5.74, 6) is 0.451. The molecule has 19 heavy (non-hydrogen) atoms. The molecule has 0 N–H and O–H groups in total. The second-order valence-electron chi connectivity index (χ2n) is 4.51. The van der Waals surface area contributed by atoms with Crippen LogP contribution in [0.3, 0.4) is 0 Å². The van der Waals surface area contributed by atoms with E-state index in [4.69, 9.17) is 9.47 Å². The molecule has 2 nitrogen and oxygen atoms in total. The largest absolute Gasteiger partial charge is 1.00 e. The molecule has 0 saturated carbocycles. The summed E-state index contributed by atoms with van der Waals surface area (Å²) in [7, 11) is 1.34. The molecule has 0 amide bonds. The molecule has 0 aromatic heterocycles. The Morgan fingerprint density at radius 1 is 1.21 bits per heavy atom. The molecule has 1 rings (SSSR count). The van der Waals surface area contributed by atoms with Crippen LogP contribution >= 0.6 is 0 Å². The molecule has 0 aliphatic rings. The Morgan fingerprint density at radius 3 is 2.32 bits per heavy atom. The quantitative estimate of drug-likeness (QED) is 0.698. The summed E-state index contributed by atoms with van der Waals surface area (Å²) in [5, 5.41) is 0. The average Bonchev–Trinajstić information content (AvgIpc) is 2.27. The zero-order chi connectivity index (χ0) is 13.8. The maximum atomic E-state index is 12.9. The smallest absolute Gasteiger partial charge is 0.497 e. The predicted octanol–water partition coefficient (Wildman–Crippen LogP) is 0.178. The summed E-state index contributed by atoms with van der Waals surface area (Å²) < 4.78 is 48.6. The van der Waals surface area contributed by atoms with Gasteiger partial charge in [0.15, 0.2) is 0 Å². The van der Waals surface area contributed by atoms with Crippen LogP contribution in [-0.4, -0.2) is 20.7 Å². The predicted molar refractivity (Wildman–Crippen MR) is 66.7 cm³/mol. The number of rotatable bonds is 6. The van der Waals surface area contributed by atoms with E-state index in [1.165, 1.54) is 19.2 Å². The van der Waals surface area contributed by atoms with Gasteiger partial charge in [-0.05, 0) is 30.5 Å². The van der Waals surface area contributed by atoms with Crippen molar-refractivity contribution in [1.29, 1.82) is 0 Å². The minimum absolute atomic E-state index is 0. The van der Waals surface area contributed by atoms with Gasteiger partial charge >= 0.3 is 58.4 Å². The summed E-state index contributed by atoms with van der Waals surface area (Å²) in [4.78, 5) is 0. The second kappa shape index (κ2) is 8.57. The number of benzene rings is 1. The van der Waals surface area contributed by atoms with Crippen LogP contribution in [0.15, 0.2) is 18.2 Å². The Morgan fingerprint density at radius 2 is 1.84 bits per heavy atom. The molecule has 0 unspecified atom stereocenters. The van der Waals surface area contributed by atoms with E-state index in [1.807, 2.05) is 13.8 Å². The van der Waals surface area contributed by atoms with E-state index in [1.54, 1.807) is 0 Å². The Labute approximate surface area is 154 Å². The van der Waals surface area contributed by atoms with Crippen LogP contribution in [0.4, 0.5) is 12.9 Å². The van der Waals surface area contributed by atoms with Crippen molar-refractivity contribution in [3.05, 3.63) is 18.2 Å². The Hall–Kier alpha value is 0.311. The van der Waals surface area contributed by atoms with Crippen molar-refractivity contribution < 1.29 is 73.8 Å². The molecule has 0 aliphatic carbocycles. The number of halogens is 3. The first-order valence-corrected chi connectivity index (χ1v) is 5.85. The van der Waals surface area contributed by atoms with E-state index >= 15 is 0 Å². The second-order valence-corrected chi connectivity index (χ2v) is 4.51. The third kappa shape index (κ3) is 6.53. The molecule has 0 spiro atoms. The maximum Gasteiger partial charge on any atom is 1.00 e. The van der Waals surface area contributed by atoms with Crippen molar-refractivity contribution >= 4 is 12.4 Å². The molecule has 1 aromatic carbocycles. The summed E-state index contributed by atoms with van der Waals surface area (Å²) in [6, 6.07) is 3.75. The van der Waals surface area contributed by atoms with Gasteiger partial charge in [-0.2, -0.15) is 0 Å². The van der Waals surface area contributed by atoms with Crippen LogP contribution in [0.1, 0.15) is 20.3 Å². The average molecular weight is 300 g/mol. The van der Waals surface area contributed by atoms with Gasteiger partial charge < -0.3 is 22.4 Å². The van der Waals surface area contributed by atoms with Crippen LogP contribution in [0.25, 0.3) is 0 Å². The van der Waals surface area contributed by atoms with Crippen LogP contribution in [-0.2, 0) is 0 Å². The fraction of sp³-hybridized carbons (Fsp3) is 0.500. The van der Waals surface area contributed by atoms with Crippen LogP contribution < -0.4 is 66.3 Å². The van der Waals surface area contributed by atoms with Gasteiger partial charge in [0.2, 0.25) is 0 Å². The van der Waals surface area contributed by atoms with E-state index in [9.17, 15) is 12.9 Å². The minimum Gasteiger partial charge on any atom is -0.497 e. The van der Waals surface area contributed by atoms with Crippen LogP contribution in [0.2, 0.25) is 0 Å². The number of hydrogen-bond acceptors (Lipinski definition) is 2. The fourth-order valence-electron chi connectivity index (χ4n) is 1.45. The minimum atomic E-state index is -5.10. The molecule has 0 aliphatic heterocycles. The van der Waals surface area contributed by atoms with Gasteiger partial charge in [0.25, 0.3) is 0 Å². The number of ether oxygens (including phenoxy) is 2. The van der Waals surface area contributed by atoms with Crippen molar-refractivity contribution in [2.45, 2.75) is 20.3 Å². The molecule has 0 fully saturated rings. The van der Waals surface area contributed by atoms with Gasteiger partial charge in [0.1, 0.15) is 5.75 Å². The third-order valence-electron chi connectivity index (χ3n) is 2.52. The molecular formula is C12H17BF3KO2. The first-order chi connectivity index (χ1) is 8.34. The van der Waals surface area contributed by atoms with Crippen molar-refractivity contribution in [3.8, 4) is 11.5 Å². The van der Waals surface area contributed by atoms with Gasteiger partial charge in [-0.15, -0.1) is 0 Å². The Kier molecular flexibility index (Phi) is 8.71. The summed E-state index contributed by atoms with van der Waals surface area (Å²) in [6.07, 6.45) is 0.719. The van der Waals surface area contributed by atoms with Gasteiger partial charge in [-0.1, -0.05) is 19.3 Å². The van der Waals surface area contributed by atoms with Crippen molar-refractivity contribution in [1.82, 2.24) is 0 Å². The van der Waals surface area contributed by atoms with E-state index in [0.717, 1.165) is 12.5 Å². The molecule has 0 saturated heterocycles. The molecule has 7 heteroatoms. The fourth-order valence-corrected chi connectivity index (χ4v) is 1.45. The molecule has 0 atom stereocenters. The molecular weight excluding hydrogens is 283 g/mol. The van der Waals surface area contributed by atoms with E-state index in [-0.39, 0.29) is 69.5 Å². The molecule has 102 valence electrons. The zero-order valence-electron chi connectivity index (χ0n) is 11.8. The first kappa shape index (κ1) is 19.3. The van der Waals surface area contributed by atoms with Gasteiger partial charge in [0.05, 0.1) is 19.5 Å². The third-order valence-corrected chi connectivity index (χ3v) is 2.52. The van der Waals surface area contributed by atoms with Crippen molar-refractivity contribution in [2.24, 2.45) is 5.92 Å². The van der Waals surface area contributed by atoms with E-state index in [0.29, 0.717) is 5.92 Å². The standard InChI is InChI=1S/C12H17BF3O2.K/c1-9(2)6-7-18-12-5-4-10(17-3)8-11(12)13(14,15)16;/h4-5,8-9H,6-7H2,1-3H3;/q-1;+1. The monoisotopic (exact) mass is 300 g/mol. The van der Waals surface area contributed by atoms with Gasteiger partial charge in [0, 0.05) is 0 Å². The molecule has 0 radical (unpaired) electrons. The maximum absolute atomic E-state index is 12.9. The number of methoxy groups -OCH3 is 1. The molecule has 0 heterocycles. The van der Waals surface area contributed by atoms with Crippen molar-refractivity contribution in [2.75, 3.05) is 13.7 Å². The summed E-state index contributed by atoms with van der Waals surface area (Å²) in [5.41, 5.74) is -0.738. The Balaban J connectivity index is 0.00000324. The van der Waals surface area contributed by atoms with E-state index < -0.39 is 12.4 Å². The van der Waals surface area contributed by atoms with Crippen molar-refractivity contribution in [3.63, 3.8) is 0 Å².